The first-order chi connectivity index (χ1) is 12.5. The smallest absolute Gasteiger partial charge is 0.251 e. The molecule has 4 heteroatoms. The van der Waals surface area contributed by atoms with Gasteiger partial charge in [-0.1, -0.05) is 41.6 Å². The summed E-state index contributed by atoms with van der Waals surface area (Å²) in [6, 6.07) is 12.0. The third-order valence-corrected chi connectivity index (χ3v) is 5.81. The summed E-state index contributed by atoms with van der Waals surface area (Å²) in [6.45, 7) is 4.18. The number of nitrogen functional groups attached to an aromatic ring is 1. The van der Waals surface area contributed by atoms with Crippen LogP contribution >= 0.6 is 11.8 Å². The highest BCUT2D eigenvalue weighted by Crippen LogP contribution is 2.36. The number of aryl methyl sites for hydroxylation is 2. The molecule has 1 aliphatic rings. The number of nitrogens with two attached hydrogens (primary N) is 1. The van der Waals surface area contributed by atoms with Gasteiger partial charge in [0.15, 0.2) is 0 Å². The van der Waals surface area contributed by atoms with Crippen LogP contribution in [-0.4, -0.2) is 13.0 Å². The number of allylic oxidation sites excluding steroid dienone is 2. The zero-order valence-corrected chi connectivity index (χ0v) is 16.2. The Morgan fingerprint density at radius 3 is 2.50 bits per heavy atom. The van der Waals surface area contributed by atoms with Crippen molar-refractivity contribution in [1.82, 2.24) is 5.32 Å². The monoisotopic (exact) mass is 364 g/mol. The van der Waals surface area contributed by atoms with Gasteiger partial charge in [0.1, 0.15) is 0 Å². The number of rotatable bonds is 4. The van der Waals surface area contributed by atoms with Crippen molar-refractivity contribution in [2.24, 2.45) is 0 Å². The Balaban J connectivity index is 1.68. The summed E-state index contributed by atoms with van der Waals surface area (Å²) in [4.78, 5) is 12.9. The molecule has 0 atom stereocenters. The topological polar surface area (TPSA) is 55.1 Å². The van der Waals surface area contributed by atoms with E-state index in [0.717, 1.165) is 29.7 Å². The molecule has 1 aliphatic heterocycles. The van der Waals surface area contributed by atoms with Gasteiger partial charge in [0, 0.05) is 23.2 Å². The Morgan fingerprint density at radius 2 is 1.88 bits per heavy atom. The molecule has 0 unspecified atom stereocenters. The first-order valence-electron chi connectivity index (χ1n) is 8.70. The zero-order chi connectivity index (χ0) is 18.7. The van der Waals surface area contributed by atoms with Crippen molar-refractivity contribution in [3.05, 3.63) is 81.3 Å². The lowest BCUT2D eigenvalue weighted by Gasteiger charge is -2.16. The average Bonchev–Trinajstić information content (AvgIpc) is 2.66. The van der Waals surface area contributed by atoms with Crippen molar-refractivity contribution in [3.8, 4) is 0 Å². The Labute approximate surface area is 159 Å². The van der Waals surface area contributed by atoms with Crippen molar-refractivity contribution in [2.45, 2.75) is 26.7 Å². The maximum atomic E-state index is 11.6. The largest absolute Gasteiger partial charge is 0.399 e. The molecule has 3 N–H and O–H groups in total. The van der Waals surface area contributed by atoms with Gasteiger partial charge >= 0.3 is 0 Å². The molecule has 134 valence electrons. The van der Waals surface area contributed by atoms with E-state index in [1.54, 1.807) is 18.8 Å². The van der Waals surface area contributed by atoms with Crippen LogP contribution in [-0.2, 0) is 6.42 Å². The van der Waals surface area contributed by atoms with Crippen LogP contribution in [0.25, 0.3) is 4.91 Å². The predicted octanol–water partition coefficient (Wildman–Crippen LogP) is 4.85. The highest BCUT2D eigenvalue weighted by atomic mass is 32.2. The van der Waals surface area contributed by atoms with Gasteiger partial charge in [0.2, 0.25) is 0 Å². The Morgan fingerprint density at radius 1 is 1.15 bits per heavy atom. The second-order valence-corrected chi connectivity index (χ2v) is 7.55. The Bertz CT molecular complexity index is 895. The summed E-state index contributed by atoms with van der Waals surface area (Å²) in [5, 5.41) is 4.90. The van der Waals surface area contributed by atoms with Gasteiger partial charge in [-0.15, -0.1) is 0 Å². The predicted molar refractivity (Wildman–Crippen MR) is 112 cm³/mol. The molecular weight excluding hydrogens is 340 g/mol. The van der Waals surface area contributed by atoms with Gasteiger partial charge < -0.3 is 11.1 Å². The first-order valence-corrected chi connectivity index (χ1v) is 9.58. The van der Waals surface area contributed by atoms with E-state index in [1.807, 2.05) is 24.3 Å². The van der Waals surface area contributed by atoms with E-state index in [4.69, 9.17) is 5.73 Å². The number of anilines is 1. The Kier molecular flexibility index (Phi) is 5.52. The summed E-state index contributed by atoms with van der Waals surface area (Å²) in [5.74, 6) is -0.0572. The molecule has 0 aliphatic carbocycles. The molecule has 3 rings (SSSR count). The molecule has 0 aromatic heterocycles. The third-order valence-electron chi connectivity index (χ3n) is 4.70. The van der Waals surface area contributed by atoms with E-state index in [-0.39, 0.29) is 5.91 Å². The molecular formula is C22H24N2OS. The maximum absolute atomic E-state index is 11.6. The zero-order valence-electron chi connectivity index (χ0n) is 15.4. The molecule has 1 heterocycles. The molecule has 0 saturated heterocycles. The third kappa shape index (κ3) is 4.02. The van der Waals surface area contributed by atoms with Crippen LogP contribution in [0.3, 0.4) is 0 Å². The minimum Gasteiger partial charge on any atom is -0.399 e. The number of hydrogen-bond donors (Lipinski definition) is 2. The number of benzene rings is 2. The quantitative estimate of drug-likeness (QED) is 0.763. The van der Waals surface area contributed by atoms with E-state index >= 15 is 0 Å². The molecule has 0 bridgehead atoms. The molecule has 0 spiro atoms. The summed E-state index contributed by atoms with van der Waals surface area (Å²) in [5.41, 5.74) is 13.8. The fourth-order valence-corrected chi connectivity index (χ4v) is 3.96. The van der Waals surface area contributed by atoms with E-state index in [9.17, 15) is 4.79 Å². The van der Waals surface area contributed by atoms with Gasteiger partial charge in [0.25, 0.3) is 5.91 Å². The number of nitrogens with one attached hydrogen (secondary N) is 1. The highest BCUT2D eigenvalue weighted by molar-refractivity contribution is 8.11. The average molecular weight is 365 g/mol. The van der Waals surface area contributed by atoms with Crippen molar-refractivity contribution < 1.29 is 4.79 Å². The molecule has 0 radical (unpaired) electrons. The normalized spacial score (nSPS) is 13.8. The van der Waals surface area contributed by atoms with Crippen molar-refractivity contribution in [2.75, 3.05) is 12.8 Å². The van der Waals surface area contributed by atoms with Gasteiger partial charge in [-0.2, -0.15) is 0 Å². The van der Waals surface area contributed by atoms with Crippen LogP contribution in [0.5, 0.6) is 0 Å². The number of thioether (sulfide) groups is 1. The molecule has 0 saturated carbocycles. The van der Waals surface area contributed by atoms with E-state index in [0.29, 0.717) is 5.56 Å². The SMILES string of the molecule is CNC(=O)c1ccc(C2=CCC(Cc3cc(C)c(N)cc3C)=CS2)cc1. The van der Waals surface area contributed by atoms with Crippen LogP contribution in [0, 0.1) is 13.8 Å². The Hall–Kier alpha value is -2.46. The summed E-state index contributed by atoms with van der Waals surface area (Å²) >= 11 is 1.75. The van der Waals surface area contributed by atoms with E-state index in [2.05, 4.69) is 42.8 Å². The van der Waals surface area contributed by atoms with Crippen LogP contribution in [0.4, 0.5) is 5.69 Å². The van der Waals surface area contributed by atoms with Crippen LogP contribution in [0.1, 0.15) is 39.0 Å². The lowest BCUT2D eigenvalue weighted by atomic mass is 9.96. The molecule has 2 aromatic carbocycles. The van der Waals surface area contributed by atoms with Gasteiger partial charge in [0.05, 0.1) is 0 Å². The summed E-state index contributed by atoms with van der Waals surface area (Å²) < 4.78 is 0. The highest BCUT2D eigenvalue weighted by Gasteiger charge is 2.12. The molecule has 0 fully saturated rings. The van der Waals surface area contributed by atoms with Crippen molar-refractivity contribution in [1.29, 1.82) is 0 Å². The summed E-state index contributed by atoms with van der Waals surface area (Å²) in [6.07, 6.45) is 4.18. The number of hydrogen-bond acceptors (Lipinski definition) is 3. The lowest BCUT2D eigenvalue weighted by molar-refractivity contribution is 0.0963. The van der Waals surface area contributed by atoms with Crippen LogP contribution in [0.15, 0.2) is 53.5 Å². The minimum absolute atomic E-state index is 0.0572. The number of carbonyl (C=O) groups excluding carboxylic acids is 1. The molecule has 26 heavy (non-hydrogen) atoms. The molecule has 1 amide bonds. The number of carbonyl (C=O) groups is 1. The van der Waals surface area contributed by atoms with Gasteiger partial charge in [-0.3, -0.25) is 4.79 Å². The van der Waals surface area contributed by atoms with E-state index < -0.39 is 0 Å². The molecule has 2 aromatic rings. The fraction of sp³-hybridized carbons (Fsp3) is 0.227. The molecule has 3 nitrogen and oxygen atoms in total. The van der Waals surface area contributed by atoms with Gasteiger partial charge in [-0.25, -0.2) is 0 Å². The number of amides is 1. The fourth-order valence-electron chi connectivity index (χ4n) is 3.03. The van der Waals surface area contributed by atoms with E-state index in [1.165, 1.54) is 21.6 Å². The van der Waals surface area contributed by atoms with Crippen LogP contribution in [0.2, 0.25) is 0 Å². The van der Waals surface area contributed by atoms with Crippen LogP contribution < -0.4 is 11.1 Å². The van der Waals surface area contributed by atoms with Gasteiger partial charge in [-0.05, 0) is 72.6 Å². The second-order valence-electron chi connectivity index (χ2n) is 6.63. The maximum Gasteiger partial charge on any atom is 0.251 e. The lowest BCUT2D eigenvalue weighted by Crippen LogP contribution is -2.17. The second kappa shape index (κ2) is 7.83. The van der Waals surface area contributed by atoms with Crippen molar-refractivity contribution in [3.63, 3.8) is 0 Å². The first kappa shape index (κ1) is 18.3. The standard InChI is InChI=1S/C22H24N2OS/c1-14-11-20(23)15(2)10-19(14)12-16-4-9-21(26-13-16)17-5-7-18(8-6-17)22(25)24-3/h5-11,13H,4,12,23H2,1-3H3,(H,24,25). The van der Waals surface area contributed by atoms with Crippen molar-refractivity contribution >= 4 is 28.3 Å². The minimum atomic E-state index is -0.0572. The summed E-state index contributed by atoms with van der Waals surface area (Å²) in [7, 11) is 1.65.